The van der Waals surface area contributed by atoms with Crippen LogP contribution in [0.3, 0.4) is 0 Å². The van der Waals surface area contributed by atoms with Crippen LogP contribution in [0.25, 0.3) is 0 Å². The van der Waals surface area contributed by atoms with E-state index in [1.807, 2.05) is 12.1 Å². The first kappa shape index (κ1) is 10.8. The van der Waals surface area contributed by atoms with Crippen molar-refractivity contribution in [3.05, 3.63) is 22.7 Å². The fourth-order valence-electron chi connectivity index (χ4n) is 1.65. The monoisotopic (exact) mass is 288 g/mol. The van der Waals surface area contributed by atoms with Gasteiger partial charge in [0.05, 0.1) is 16.8 Å². The van der Waals surface area contributed by atoms with E-state index < -0.39 is 0 Å². The topological polar surface area (TPSA) is 46.3 Å². The number of carbonyl (C=O) groups excluding carboxylic acids is 1. The van der Waals surface area contributed by atoms with Gasteiger partial charge in [0.25, 0.3) is 0 Å². The van der Waals surface area contributed by atoms with Crippen LogP contribution in [0.15, 0.2) is 22.7 Å². The second kappa shape index (κ2) is 4.02. The summed E-state index contributed by atoms with van der Waals surface area (Å²) in [6, 6.07) is 5.45. The summed E-state index contributed by atoms with van der Waals surface area (Å²) >= 11 is 9.28. The summed E-state index contributed by atoms with van der Waals surface area (Å²) in [6.07, 6.45) is 0.382. The molecule has 0 saturated carbocycles. The Morgan fingerprint density at radius 3 is 2.87 bits per heavy atom. The van der Waals surface area contributed by atoms with Crippen LogP contribution < -0.4 is 10.6 Å². The summed E-state index contributed by atoms with van der Waals surface area (Å²) < 4.78 is 0.900. The molecular weight excluding hydrogens is 279 g/mol. The molecule has 1 fully saturated rings. The quantitative estimate of drug-likeness (QED) is 0.637. The molecule has 1 unspecified atom stereocenters. The fourth-order valence-corrected chi connectivity index (χ4v) is 2.27. The minimum Gasteiger partial charge on any atom is -0.397 e. The number of rotatable bonds is 1. The molecular formula is C10H10BrClN2O. The number of anilines is 2. The van der Waals surface area contributed by atoms with Crippen LogP contribution in [0.1, 0.15) is 6.42 Å². The lowest BCUT2D eigenvalue weighted by atomic mass is 10.2. The van der Waals surface area contributed by atoms with Gasteiger partial charge in [0.15, 0.2) is 0 Å². The van der Waals surface area contributed by atoms with Crippen molar-refractivity contribution in [3.63, 3.8) is 0 Å². The van der Waals surface area contributed by atoms with Gasteiger partial charge >= 0.3 is 0 Å². The summed E-state index contributed by atoms with van der Waals surface area (Å²) in [7, 11) is 0. The van der Waals surface area contributed by atoms with Crippen molar-refractivity contribution in [2.75, 3.05) is 17.2 Å². The van der Waals surface area contributed by atoms with Crippen LogP contribution >= 0.6 is 27.5 Å². The van der Waals surface area contributed by atoms with Gasteiger partial charge in [-0.1, -0.05) is 15.9 Å². The Morgan fingerprint density at radius 1 is 1.53 bits per heavy atom. The minimum atomic E-state index is -0.115. The average molecular weight is 290 g/mol. The van der Waals surface area contributed by atoms with Crippen LogP contribution in [-0.4, -0.2) is 17.8 Å². The second-order valence-corrected chi connectivity index (χ2v) is 5.04. The van der Waals surface area contributed by atoms with Crippen molar-refractivity contribution in [2.24, 2.45) is 0 Å². The van der Waals surface area contributed by atoms with E-state index in [0.29, 0.717) is 18.7 Å². The van der Waals surface area contributed by atoms with Crippen molar-refractivity contribution < 1.29 is 4.79 Å². The maximum Gasteiger partial charge on any atom is 0.228 e. The Bertz CT molecular complexity index is 410. The summed E-state index contributed by atoms with van der Waals surface area (Å²) in [5, 5.41) is -0.115. The molecule has 1 heterocycles. The number of amides is 1. The Kier molecular flexibility index (Phi) is 2.89. The third-order valence-corrected chi connectivity index (χ3v) is 3.15. The molecule has 1 aliphatic heterocycles. The lowest BCUT2D eigenvalue weighted by Crippen LogP contribution is -2.25. The molecule has 1 aliphatic rings. The largest absolute Gasteiger partial charge is 0.397 e. The predicted octanol–water partition coefficient (Wildman–Crippen LogP) is 2.38. The third kappa shape index (κ3) is 2.11. The van der Waals surface area contributed by atoms with Gasteiger partial charge in [-0.15, -0.1) is 11.6 Å². The molecule has 1 saturated heterocycles. The second-order valence-electron chi connectivity index (χ2n) is 3.51. The molecule has 5 heteroatoms. The summed E-state index contributed by atoms with van der Waals surface area (Å²) in [5.41, 5.74) is 7.15. The third-order valence-electron chi connectivity index (χ3n) is 2.36. The highest BCUT2D eigenvalue weighted by Crippen LogP contribution is 2.31. The van der Waals surface area contributed by atoms with Gasteiger partial charge < -0.3 is 10.6 Å². The predicted molar refractivity (Wildman–Crippen MR) is 65.2 cm³/mol. The number of halogens is 2. The zero-order valence-electron chi connectivity index (χ0n) is 7.91. The van der Waals surface area contributed by atoms with Crippen molar-refractivity contribution >= 4 is 44.8 Å². The number of alkyl halides is 1. The first-order valence-corrected chi connectivity index (χ1v) is 5.80. The molecule has 0 spiro atoms. The van der Waals surface area contributed by atoms with Crippen molar-refractivity contribution in [1.29, 1.82) is 0 Å². The highest BCUT2D eigenvalue weighted by atomic mass is 79.9. The van der Waals surface area contributed by atoms with Crippen LogP contribution in [0.4, 0.5) is 11.4 Å². The molecule has 1 aromatic carbocycles. The Labute approximate surface area is 101 Å². The van der Waals surface area contributed by atoms with E-state index in [4.69, 9.17) is 17.3 Å². The van der Waals surface area contributed by atoms with Crippen LogP contribution in [-0.2, 0) is 4.79 Å². The molecule has 3 nitrogen and oxygen atoms in total. The number of carbonyl (C=O) groups is 1. The van der Waals surface area contributed by atoms with Gasteiger partial charge in [-0.3, -0.25) is 4.79 Å². The molecule has 0 aliphatic carbocycles. The van der Waals surface area contributed by atoms with E-state index in [1.165, 1.54) is 0 Å². The molecule has 0 bridgehead atoms. The van der Waals surface area contributed by atoms with Crippen molar-refractivity contribution in [3.8, 4) is 0 Å². The minimum absolute atomic E-state index is 0.0276. The van der Waals surface area contributed by atoms with E-state index in [0.717, 1.165) is 10.2 Å². The van der Waals surface area contributed by atoms with Gasteiger partial charge in [-0.25, -0.2) is 0 Å². The lowest BCUT2D eigenvalue weighted by Gasteiger charge is -2.18. The van der Waals surface area contributed by atoms with Gasteiger partial charge in [0.1, 0.15) is 0 Å². The number of nitrogens with two attached hydrogens (primary N) is 1. The lowest BCUT2D eigenvalue weighted by molar-refractivity contribution is -0.117. The van der Waals surface area contributed by atoms with Crippen molar-refractivity contribution in [2.45, 2.75) is 11.8 Å². The molecule has 1 aromatic rings. The van der Waals surface area contributed by atoms with Crippen LogP contribution in [0.2, 0.25) is 0 Å². The highest BCUT2D eigenvalue weighted by Gasteiger charge is 2.30. The Balaban J connectivity index is 2.37. The molecule has 2 rings (SSSR count). The Morgan fingerprint density at radius 2 is 2.27 bits per heavy atom. The highest BCUT2D eigenvalue weighted by molar-refractivity contribution is 9.10. The standard InChI is InChI=1S/C10H10BrClN2O/c11-6-1-2-8(13)9(3-6)14-5-7(12)4-10(14)15/h1-3,7H,4-5,13H2. The normalized spacial score (nSPS) is 21.1. The smallest absolute Gasteiger partial charge is 0.228 e. The van der Waals surface area contributed by atoms with Crippen LogP contribution in [0.5, 0.6) is 0 Å². The number of benzene rings is 1. The summed E-state index contributed by atoms with van der Waals surface area (Å²) in [5.74, 6) is 0.0276. The van der Waals surface area contributed by atoms with Crippen molar-refractivity contribution in [1.82, 2.24) is 0 Å². The molecule has 2 N–H and O–H groups in total. The molecule has 1 atom stereocenters. The van der Waals surface area contributed by atoms with Gasteiger partial charge in [-0.05, 0) is 18.2 Å². The summed E-state index contributed by atoms with van der Waals surface area (Å²) in [4.78, 5) is 13.3. The van der Waals surface area contributed by atoms with Gasteiger partial charge in [0, 0.05) is 17.4 Å². The molecule has 15 heavy (non-hydrogen) atoms. The Hall–Kier alpha value is -0.740. The van der Waals surface area contributed by atoms with E-state index in [-0.39, 0.29) is 11.3 Å². The fraction of sp³-hybridized carbons (Fsp3) is 0.300. The SMILES string of the molecule is Nc1ccc(Br)cc1N1CC(Cl)CC1=O. The first-order valence-electron chi connectivity index (χ1n) is 4.57. The first-order chi connectivity index (χ1) is 7.08. The van der Waals surface area contributed by atoms with E-state index in [2.05, 4.69) is 15.9 Å². The molecule has 0 aromatic heterocycles. The van der Waals surface area contributed by atoms with E-state index >= 15 is 0 Å². The van der Waals surface area contributed by atoms with Gasteiger partial charge in [-0.2, -0.15) is 0 Å². The van der Waals surface area contributed by atoms with E-state index in [9.17, 15) is 4.79 Å². The number of nitrogens with zero attached hydrogens (tertiary/aromatic N) is 1. The maximum atomic E-state index is 11.6. The zero-order chi connectivity index (χ0) is 11.0. The molecule has 0 radical (unpaired) electrons. The number of hydrogen-bond donors (Lipinski definition) is 1. The zero-order valence-corrected chi connectivity index (χ0v) is 10.3. The van der Waals surface area contributed by atoms with Gasteiger partial charge in [0.2, 0.25) is 5.91 Å². The van der Waals surface area contributed by atoms with E-state index in [1.54, 1.807) is 11.0 Å². The summed E-state index contributed by atoms with van der Waals surface area (Å²) in [6.45, 7) is 0.529. The average Bonchev–Trinajstić information content (AvgIpc) is 2.50. The van der Waals surface area contributed by atoms with Crippen LogP contribution in [0, 0.1) is 0 Å². The number of hydrogen-bond acceptors (Lipinski definition) is 2. The molecule has 80 valence electrons. The number of nitrogen functional groups attached to an aromatic ring is 1. The maximum absolute atomic E-state index is 11.6. The molecule has 1 amide bonds.